The van der Waals surface area contributed by atoms with Crippen LogP contribution >= 0.6 is 11.8 Å². The lowest BCUT2D eigenvalue weighted by Crippen LogP contribution is -2.41. The first-order chi connectivity index (χ1) is 14.1. The SMILES string of the molecule is Cc1cccc(-n2c(SCC(=O)N3CCOCC3)nnc2-c2cccnc2)c1C. The largest absolute Gasteiger partial charge is 0.378 e. The molecule has 1 aliphatic heterocycles. The number of carbonyl (C=O) groups excluding carboxylic acids is 1. The Labute approximate surface area is 174 Å². The highest BCUT2D eigenvalue weighted by Crippen LogP contribution is 2.30. The molecule has 1 aliphatic rings. The van der Waals surface area contributed by atoms with Crippen molar-refractivity contribution in [1.82, 2.24) is 24.6 Å². The zero-order valence-corrected chi connectivity index (χ0v) is 17.4. The van der Waals surface area contributed by atoms with E-state index >= 15 is 0 Å². The predicted octanol–water partition coefficient (Wildman–Crippen LogP) is 2.90. The fraction of sp³-hybridized carbons (Fsp3) is 0.333. The molecule has 7 nitrogen and oxygen atoms in total. The third kappa shape index (κ3) is 4.18. The summed E-state index contributed by atoms with van der Waals surface area (Å²) in [5, 5.41) is 9.53. The number of hydrogen-bond acceptors (Lipinski definition) is 6. The molecular weight excluding hydrogens is 386 g/mol. The Morgan fingerprint density at radius 3 is 2.72 bits per heavy atom. The number of rotatable bonds is 5. The van der Waals surface area contributed by atoms with Crippen LogP contribution in [0.3, 0.4) is 0 Å². The molecule has 0 saturated carbocycles. The molecule has 1 saturated heterocycles. The van der Waals surface area contributed by atoms with Crippen molar-refractivity contribution in [3.05, 3.63) is 53.9 Å². The van der Waals surface area contributed by atoms with Crippen LogP contribution in [-0.2, 0) is 9.53 Å². The molecule has 8 heteroatoms. The second kappa shape index (κ2) is 8.75. The molecule has 0 atom stereocenters. The van der Waals surface area contributed by atoms with E-state index in [-0.39, 0.29) is 5.91 Å². The number of hydrogen-bond donors (Lipinski definition) is 0. The summed E-state index contributed by atoms with van der Waals surface area (Å²) in [6.07, 6.45) is 3.51. The van der Waals surface area contributed by atoms with Gasteiger partial charge in [0.25, 0.3) is 0 Å². The van der Waals surface area contributed by atoms with Gasteiger partial charge in [0.2, 0.25) is 5.91 Å². The normalized spacial score (nSPS) is 14.2. The van der Waals surface area contributed by atoms with Crippen molar-refractivity contribution in [1.29, 1.82) is 0 Å². The van der Waals surface area contributed by atoms with E-state index in [4.69, 9.17) is 4.74 Å². The number of morpholine rings is 1. The molecule has 3 heterocycles. The quantitative estimate of drug-likeness (QED) is 0.604. The Morgan fingerprint density at radius 1 is 1.14 bits per heavy atom. The molecule has 0 N–H and O–H groups in total. The average Bonchev–Trinajstić information content (AvgIpc) is 3.19. The van der Waals surface area contributed by atoms with E-state index in [1.165, 1.54) is 17.3 Å². The van der Waals surface area contributed by atoms with Crippen LogP contribution in [0.5, 0.6) is 0 Å². The number of aromatic nitrogens is 4. The molecule has 0 radical (unpaired) electrons. The smallest absolute Gasteiger partial charge is 0.233 e. The van der Waals surface area contributed by atoms with Gasteiger partial charge in [0.15, 0.2) is 11.0 Å². The number of pyridine rings is 1. The van der Waals surface area contributed by atoms with Crippen molar-refractivity contribution in [2.24, 2.45) is 0 Å². The summed E-state index contributed by atoms with van der Waals surface area (Å²) < 4.78 is 7.36. The maximum atomic E-state index is 12.6. The first-order valence-electron chi connectivity index (χ1n) is 9.56. The minimum absolute atomic E-state index is 0.0942. The van der Waals surface area contributed by atoms with Gasteiger partial charge < -0.3 is 9.64 Å². The number of amides is 1. The third-order valence-corrected chi connectivity index (χ3v) is 5.97. The summed E-state index contributed by atoms with van der Waals surface area (Å²) in [5.41, 5.74) is 4.23. The molecule has 2 aromatic heterocycles. The van der Waals surface area contributed by atoms with Gasteiger partial charge >= 0.3 is 0 Å². The summed E-state index contributed by atoms with van der Waals surface area (Å²) in [7, 11) is 0. The van der Waals surface area contributed by atoms with Crippen LogP contribution in [0.25, 0.3) is 17.1 Å². The average molecular weight is 410 g/mol. The van der Waals surface area contributed by atoms with Crippen LogP contribution in [0.15, 0.2) is 47.9 Å². The van der Waals surface area contributed by atoms with E-state index in [2.05, 4.69) is 41.2 Å². The van der Waals surface area contributed by atoms with Crippen LogP contribution in [-0.4, -0.2) is 62.6 Å². The van der Waals surface area contributed by atoms with Gasteiger partial charge in [-0.3, -0.25) is 14.3 Å². The minimum atomic E-state index is 0.0942. The van der Waals surface area contributed by atoms with E-state index in [1.54, 1.807) is 12.4 Å². The zero-order valence-electron chi connectivity index (χ0n) is 16.5. The van der Waals surface area contributed by atoms with Gasteiger partial charge in [-0.2, -0.15) is 0 Å². The van der Waals surface area contributed by atoms with Crippen molar-refractivity contribution in [3.63, 3.8) is 0 Å². The second-order valence-electron chi connectivity index (χ2n) is 6.88. The van der Waals surface area contributed by atoms with Crippen LogP contribution < -0.4 is 0 Å². The molecule has 0 spiro atoms. The number of ether oxygens (including phenoxy) is 1. The topological polar surface area (TPSA) is 73.1 Å². The standard InChI is InChI=1S/C21H23N5O2S/c1-15-5-3-7-18(16(15)2)26-20(17-6-4-8-22-13-17)23-24-21(26)29-14-19(27)25-9-11-28-12-10-25/h3-8,13H,9-12,14H2,1-2H3. The number of carbonyl (C=O) groups is 1. The predicted molar refractivity (Wildman–Crippen MR) is 112 cm³/mol. The van der Waals surface area contributed by atoms with Gasteiger partial charge in [0, 0.05) is 31.0 Å². The van der Waals surface area contributed by atoms with Crippen LogP contribution in [0.4, 0.5) is 0 Å². The van der Waals surface area contributed by atoms with Crippen molar-refractivity contribution in [3.8, 4) is 17.1 Å². The lowest BCUT2D eigenvalue weighted by molar-refractivity contribution is -0.132. The lowest BCUT2D eigenvalue weighted by Gasteiger charge is -2.26. The molecule has 29 heavy (non-hydrogen) atoms. The van der Waals surface area contributed by atoms with E-state index in [1.807, 2.05) is 27.7 Å². The molecule has 1 amide bonds. The monoisotopic (exact) mass is 409 g/mol. The van der Waals surface area contributed by atoms with Crippen molar-refractivity contribution < 1.29 is 9.53 Å². The van der Waals surface area contributed by atoms with Gasteiger partial charge in [-0.25, -0.2) is 0 Å². The first-order valence-corrected chi connectivity index (χ1v) is 10.5. The number of aryl methyl sites for hydroxylation is 1. The van der Waals surface area contributed by atoms with Crippen LogP contribution in [0.1, 0.15) is 11.1 Å². The van der Waals surface area contributed by atoms with Crippen molar-refractivity contribution >= 4 is 17.7 Å². The molecule has 0 bridgehead atoms. The number of nitrogens with zero attached hydrogens (tertiary/aromatic N) is 5. The highest BCUT2D eigenvalue weighted by molar-refractivity contribution is 7.99. The van der Waals surface area contributed by atoms with E-state index in [9.17, 15) is 4.79 Å². The Bertz CT molecular complexity index is 1000. The van der Waals surface area contributed by atoms with Gasteiger partial charge in [-0.1, -0.05) is 23.9 Å². The van der Waals surface area contributed by atoms with Gasteiger partial charge in [-0.15, -0.1) is 10.2 Å². The highest BCUT2D eigenvalue weighted by Gasteiger charge is 2.21. The lowest BCUT2D eigenvalue weighted by atomic mass is 10.1. The van der Waals surface area contributed by atoms with E-state index in [0.717, 1.165) is 16.8 Å². The number of benzene rings is 1. The van der Waals surface area contributed by atoms with E-state index in [0.29, 0.717) is 43.0 Å². The summed E-state index contributed by atoms with van der Waals surface area (Å²) in [6, 6.07) is 10.0. The van der Waals surface area contributed by atoms with E-state index < -0.39 is 0 Å². The molecule has 0 unspecified atom stereocenters. The molecule has 4 rings (SSSR count). The minimum Gasteiger partial charge on any atom is -0.378 e. The van der Waals surface area contributed by atoms with Gasteiger partial charge in [-0.05, 0) is 43.2 Å². The number of thioether (sulfide) groups is 1. The summed E-state index contributed by atoms with van der Waals surface area (Å²) in [6.45, 7) is 6.65. The van der Waals surface area contributed by atoms with Crippen LogP contribution in [0, 0.1) is 13.8 Å². The highest BCUT2D eigenvalue weighted by atomic mass is 32.2. The van der Waals surface area contributed by atoms with Gasteiger partial charge in [0.1, 0.15) is 0 Å². The fourth-order valence-electron chi connectivity index (χ4n) is 3.27. The molecule has 1 fully saturated rings. The summed E-state index contributed by atoms with van der Waals surface area (Å²) in [4.78, 5) is 18.7. The Balaban J connectivity index is 1.68. The fourth-order valence-corrected chi connectivity index (χ4v) is 4.12. The van der Waals surface area contributed by atoms with Crippen LogP contribution in [0.2, 0.25) is 0 Å². The maximum Gasteiger partial charge on any atom is 0.233 e. The summed E-state index contributed by atoms with van der Waals surface area (Å²) in [5.74, 6) is 1.13. The van der Waals surface area contributed by atoms with Gasteiger partial charge in [0.05, 0.1) is 24.7 Å². The van der Waals surface area contributed by atoms with Crippen molar-refractivity contribution in [2.45, 2.75) is 19.0 Å². The summed E-state index contributed by atoms with van der Waals surface area (Å²) >= 11 is 1.41. The molecule has 150 valence electrons. The Morgan fingerprint density at radius 2 is 1.97 bits per heavy atom. The zero-order chi connectivity index (χ0) is 20.2. The first kappa shape index (κ1) is 19.6. The molecule has 1 aromatic carbocycles. The molecule has 3 aromatic rings. The molecule has 0 aliphatic carbocycles. The Kier molecular flexibility index (Phi) is 5.92. The Hall–Kier alpha value is -2.71. The maximum absolute atomic E-state index is 12.6. The molecular formula is C21H23N5O2S. The third-order valence-electron chi connectivity index (χ3n) is 5.06. The second-order valence-corrected chi connectivity index (χ2v) is 7.83. The van der Waals surface area contributed by atoms with Crippen molar-refractivity contribution in [2.75, 3.05) is 32.1 Å².